The lowest BCUT2D eigenvalue weighted by molar-refractivity contribution is 0.0752. The Labute approximate surface area is 105 Å². The Kier molecular flexibility index (Phi) is 4.31. The minimum absolute atomic E-state index is 0.515. The number of hydrogen-bond donors (Lipinski definition) is 0. The van der Waals surface area contributed by atoms with Gasteiger partial charge < -0.3 is 4.74 Å². The predicted molar refractivity (Wildman–Crippen MR) is 69.3 cm³/mol. The topological polar surface area (TPSA) is 29.5 Å². The van der Waals surface area contributed by atoms with Crippen molar-refractivity contribution in [3.05, 3.63) is 29.8 Å². The fourth-order valence-corrected chi connectivity index (χ4v) is 2.98. The third-order valence-corrected chi connectivity index (χ3v) is 4.46. The number of nitrogens with zero attached hydrogens (tertiary/aromatic N) is 1. The molecule has 0 bridgehead atoms. The number of rotatable bonds is 3. The zero-order chi connectivity index (χ0) is 12.3. The van der Waals surface area contributed by atoms with Crippen LogP contribution in [0.5, 0.6) is 0 Å². The van der Waals surface area contributed by atoms with E-state index >= 15 is 0 Å². The van der Waals surface area contributed by atoms with Gasteiger partial charge in [0.25, 0.3) is 0 Å². The van der Waals surface area contributed by atoms with Gasteiger partial charge in [-0.15, -0.1) is 0 Å². The zero-order valence-electron chi connectivity index (χ0n) is 10.4. The van der Waals surface area contributed by atoms with E-state index in [1.54, 1.807) is 0 Å². The van der Waals surface area contributed by atoms with Crippen LogP contribution in [0, 0.1) is 0 Å². The van der Waals surface area contributed by atoms with Crippen molar-refractivity contribution >= 4 is 11.0 Å². The molecule has 94 valence electrons. The highest BCUT2D eigenvalue weighted by Crippen LogP contribution is 2.18. The summed E-state index contributed by atoms with van der Waals surface area (Å²) in [6.45, 7) is 7.17. The van der Waals surface area contributed by atoms with Crippen LogP contribution in [0.3, 0.4) is 0 Å². The number of ether oxygens (including phenoxy) is 1. The second kappa shape index (κ2) is 5.76. The van der Waals surface area contributed by atoms with E-state index in [9.17, 15) is 4.21 Å². The summed E-state index contributed by atoms with van der Waals surface area (Å²) in [6, 6.07) is 8.08. The van der Waals surface area contributed by atoms with Crippen LogP contribution in [-0.4, -0.2) is 34.8 Å². The Morgan fingerprint density at radius 2 is 1.76 bits per heavy atom. The monoisotopic (exact) mass is 253 g/mol. The molecule has 0 radical (unpaired) electrons. The predicted octanol–water partition coefficient (Wildman–Crippen LogP) is 2.16. The molecule has 1 atom stereocenters. The van der Waals surface area contributed by atoms with Crippen LogP contribution >= 0.6 is 0 Å². The summed E-state index contributed by atoms with van der Waals surface area (Å²) in [6.07, 6.45) is 0. The van der Waals surface area contributed by atoms with Gasteiger partial charge in [-0.05, 0) is 23.6 Å². The molecule has 1 fully saturated rings. The van der Waals surface area contributed by atoms with Crippen molar-refractivity contribution in [1.29, 1.82) is 0 Å². The van der Waals surface area contributed by atoms with Crippen LogP contribution in [0.2, 0.25) is 0 Å². The van der Waals surface area contributed by atoms with Crippen LogP contribution < -0.4 is 0 Å². The van der Waals surface area contributed by atoms with Crippen LogP contribution in [0.4, 0.5) is 0 Å². The van der Waals surface area contributed by atoms with Crippen molar-refractivity contribution in [3.8, 4) is 0 Å². The van der Waals surface area contributed by atoms with E-state index in [1.165, 1.54) is 5.56 Å². The van der Waals surface area contributed by atoms with E-state index in [-0.39, 0.29) is 0 Å². The maximum atomic E-state index is 12.3. The Morgan fingerprint density at radius 1 is 1.18 bits per heavy atom. The van der Waals surface area contributed by atoms with Gasteiger partial charge in [-0.25, -0.2) is 8.51 Å². The third-order valence-electron chi connectivity index (χ3n) is 2.95. The summed E-state index contributed by atoms with van der Waals surface area (Å²) >= 11 is 0. The maximum absolute atomic E-state index is 12.3. The van der Waals surface area contributed by atoms with E-state index in [0.717, 1.165) is 18.0 Å². The molecule has 0 spiro atoms. The molecular formula is C13H19NO2S. The van der Waals surface area contributed by atoms with Gasteiger partial charge in [-0.1, -0.05) is 26.0 Å². The van der Waals surface area contributed by atoms with Crippen LogP contribution in [0.1, 0.15) is 25.3 Å². The lowest BCUT2D eigenvalue weighted by Crippen LogP contribution is -2.37. The Hall–Kier alpha value is -0.710. The Balaban J connectivity index is 2.08. The second-order valence-electron chi connectivity index (χ2n) is 4.51. The zero-order valence-corrected chi connectivity index (χ0v) is 11.2. The highest BCUT2D eigenvalue weighted by atomic mass is 32.2. The summed E-state index contributed by atoms with van der Waals surface area (Å²) in [7, 11) is -1.04. The summed E-state index contributed by atoms with van der Waals surface area (Å²) in [5, 5.41) is 0. The highest BCUT2D eigenvalue weighted by molar-refractivity contribution is 7.82. The van der Waals surface area contributed by atoms with Crippen molar-refractivity contribution in [2.75, 3.05) is 26.3 Å². The van der Waals surface area contributed by atoms with Gasteiger partial charge in [0.05, 0.1) is 18.1 Å². The normalized spacial score (nSPS) is 19.5. The summed E-state index contributed by atoms with van der Waals surface area (Å²) < 4.78 is 19.5. The molecule has 4 heteroatoms. The highest BCUT2D eigenvalue weighted by Gasteiger charge is 2.18. The molecule has 1 heterocycles. The molecule has 1 aliphatic rings. The Bertz CT molecular complexity index is 383. The molecule has 0 aromatic heterocycles. The summed E-state index contributed by atoms with van der Waals surface area (Å²) in [5.41, 5.74) is 1.28. The van der Waals surface area contributed by atoms with Gasteiger partial charge in [-0.2, -0.15) is 0 Å². The molecule has 0 N–H and O–H groups in total. The molecule has 1 aliphatic heterocycles. The van der Waals surface area contributed by atoms with Crippen molar-refractivity contribution in [1.82, 2.24) is 4.31 Å². The molecule has 3 nitrogen and oxygen atoms in total. The van der Waals surface area contributed by atoms with E-state index in [4.69, 9.17) is 4.74 Å². The minimum atomic E-state index is -1.04. The third kappa shape index (κ3) is 3.15. The smallest absolute Gasteiger partial charge is 0.127 e. The van der Waals surface area contributed by atoms with Gasteiger partial charge in [-0.3, -0.25) is 0 Å². The molecule has 2 rings (SSSR count). The molecule has 0 saturated carbocycles. The van der Waals surface area contributed by atoms with Crippen molar-refractivity contribution in [3.63, 3.8) is 0 Å². The Morgan fingerprint density at radius 3 is 2.29 bits per heavy atom. The van der Waals surface area contributed by atoms with Gasteiger partial charge in [0.1, 0.15) is 11.0 Å². The molecule has 17 heavy (non-hydrogen) atoms. The van der Waals surface area contributed by atoms with E-state index in [1.807, 2.05) is 16.4 Å². The molecule has 1 unspecified atom stereocenters. The number of benzene rings is 1. The quantitative estimate of drug-likeness (QED) is 0.826. The molecular weight excluding hydrogens is 234 g/mol. The van der Waals surface area contributed by atoms with Crippen molar-refractivity contribution in [2.24, 2.45) is 0 Å². The van der Waals surface area contributed by atoms with Crippen LogP contribution in [-0.2, 0) is 15.7 Å². The van der Waals surface area contributed by atoms with Crippen molar-refractivity contribution < 1.29 is 8.95 Å². The average Bonchev–Trinajstić information content (AvgIpc) is 2.39. The molecule has 0 aliphatic carbocycles. The van der Waals surface area contributed by atoms with Gasteiger partial charge >= 0.3 is 0 Å². The summed E-state index contributed by atoms with van der Waals surface area (Å²) in [5.74, 6) is 0.515. The molecule has 0 amide bonds. The fraction of sp³-hybridized carbons (Fsp3) is 0.538. The van der Waals surface area contributed by atoms with Gasteiger partial charge in [0.15, 0.2) is 0 Å². The first-order valence-corrected chi connectivity index (χ1v) is 7.13. The van der Waals surface area contributed by atoms with E-state index in [0.29, 0.717) is 19.1 Å². The average molecular weight is 253 g/mol. The number of hydrogen-bond acceptors (Lipinski definition) is 2. The fourth-order valence-electron chi connectivity index (χ4n) is 1.83. The van der Waals surface area contributed by atoms with E-state index in [2.05, 4.69) is 26.0 Å². The lowest BCUT2D eigenvalue weighted by atomic mass is 10.0. The lowest BCUT2D eigenvalue weighted by Gasteiger charge is -2.25. The number of morpholine rings is 1. The first kappa shape index (κ1) is 12.7. The molecule has 1 aromatic carbocycles. The largest absolute Gasteiger partial charge is 0.379 e. The molecule has 1 aromatic rings. The second-order valence-corrected chi connectivity index (χ2v) is 6.00. The van der Waals surface area contributed by atoms with Gasteiger partial charge in [0.2, 0.25) is 0 Å². The van der Waals surface area contributed by atoms with Crippen molar-refractivity contribution in [2.45, 2.75) is 24.7 Å². The first-order chi connectivity index (χ1) is 8.18. The minimum Gasteiger partial charge on any atom is -0.379 e. The standard InChI is InChI=1S/C13H19NO2S/c1-11(2)12-3-5-13(6-4-12)17(15)14-7-9-16-10-8-14/h3-6,11H,7-10H2,1-2H3. The summed E-state index contributed by atoms with van der Waals surface area (Å²) in [4.78, 5) is 0.885. The molecule has 1 saturated heterocycles. The van der Waals surface area contributed by atoms with Crippen LogP contribution in [0.15, 0.2) is 29.2 Å². The SMILES string of the molecule is CC(C)c1ccc(S(=O)N2CCOCC2)cc1. The van der Waals surface area contributed by atoms with Crippen LogP contribution in [0.25, 0.3) is 0 Å². The van der Waals surface area contributed by atoms with Gasteiger partial charge in [0, 0.05) is 13.1 Å². The first-order valence-electron chi connectivity index (χ1n) is 6.03. The maximum Gasteiger partial charge on any atom is 0.127 e. The van der Waals surface area contributed by atoms with E-state index < -0.39 is 11.0 Å².